The summed E-state index contributed by atoms with van der Waals surface area (Å²) in [5.41, 5.74) is 0.986. The first-order chi connectivity index (χ1) is 8.29. The van der Waals surface area contributed by atoms with Crippen molar-refractivity contribution < 1.29 is 4.74 Å². The lowest BCUT2D eigenvalue weighted by molar-refractivity contribution is 0.346. The highest BCUT2D eigenvalue weighted by Crippen LogP contribution is 2.18. The van der Waals surface area contributed by atoms with E-state index in [1.54, 1.807) is 7.11 Å². The Balaban J connectivity index is 1.96. The second kappa shape index (κ2) is 5.87. The van der Waals surface area contributed by atoms with E-state index in [4.69, 9.17) is 17.0 Å². The first kappa shape index (κ1) is 12.2. The summed E-state index contributed by atoms with van der Waals surface area (Å²) in [4.78, 5) is 2.23. The fourth-order valence-corrected chi connectivity index (χ4v) is 2.30. The predicted molar refractivity (Wildman–Crippen MR) is 74.6 cm³/mol. The summed E-state index contributed by atoms with van der Waals surface area (Å²) in [5, 5.41) is 4.08. The SMILES string of the molecule is COc1cccc(NC(=S)N2CCCCC2)c1. The van der Waals surface area contributed by atoms with Gasteiger partial charge in [-0.05, 0) is 43.6 Å². The van der Waals surface area contributed by atoms with Crippen LogP contribution < -0.4 is 10.1 Å². The van der Waals surface area contributed by atoms with E-state index in [1.807, 2.05) is 24.3 Å². The molecule has 1 aromatic carbocycles. The summed E-state index contributed by atoms with van der Waals surface area (Å²) in [7, 11) is 1.67. The number of hydrogen-bond acceptors (Lipinski definition) is 2. The smallest absolute Gasteiger partial charge is 0.173 e. The number of hydrogen-bond donors (Lipinski definition) is 1. The molecule has 3 nitrogen and oxygen atoms in total. The summed E-state index contributed by atoms with van der Waals surface area (Å²) in [5.74, 6) is 0.844. The second-order valence-corrected chi connectivity index (χ2v) is 4.60. The molecule has 17 heavy (non-hydrogen) atoms. The fourth-order valence-electron chi connectivity index (χ4n) is 2.00. The number of likely N-dealkylation sites (tertiary alicyclic amines) is 1. The molecule has 0 amide bonds. The maximum Gasteiger partial charge on any atom is 0.173 e. The maximum absolute atomic E-state index is 5.41. The Morgan fingerprint density at radius 1 is 1.29 bits per heavy atom. The highest BCUT2D eigenvalue weighted by Gasteiger charge is 2.13. The van der Waals surface area contributed by atoms with E-state index in [2.05, 4.69) is 10.2 Å². The molecule has 0 aliphatic carbocycles. The van der Waals surface area contributed by atoms with Crippen LogP contribution in [0.2, 0.25) is 0 Å². The van der Waals surface area contributed by atoms with E-state index < -0.39 is 0 Å². The molecule has 0 saturated carbocycles. The number of nitrogens with one attached hydrogen (secondary N) is 1. The maximum atomic E-state index is 5.41. The largest absolute Gasteiger partial charge is 0.497 e. The van der Waals surface area contributed by atoms with Crippen molar-refractivity contribution in [2.24, 2.45) is 0 Å². The van der Waals surface area contributed by atoms with E-state index in [-0.39, 0.29) is 0 Å². The normalized spacial score (nSPS) is 15.5. The zero-order valence-corrected chi connectivity index (χ0v) is 10.9. The molecule has 1 aliphatic rings. The number of rotatable bonds is 2. The van der Waals surface area contributed by atoms with Crippen LogP contribution in [-0.4, -0.2) is 30.2 Å². The third kappa shape index (κ3) is 3.33. The number of ether oxygens (including phenoxy) is 1. The van der Waals surface area contributed by atoms with Gasteiger partial charge in [0, 0.05) is 24.8 Å². The van der Waals surface area contributed by atoms with Crippen molar-refractivity contribution in [3.05, 3.63) is 24.3 Å². The second-order valence-electron chi connectivity index (χ2n) is 4.21. The number of thiocarbonyl (C=S) groups is 1. The summed E-state index contributed by atoms with van der Waals surface area (Å²) in [6.45, 7) is 2.13. The van der Waals surface area contributed by atoms with Gasteiger partial charge in [0.15, 0.2) is 5.11 Å². The molecule has 1 aliphatic heterocycles. The van der Waals surface area contributed by atoms with E-state index in [0.29, 0.717) is 0 Å². The van der Waals surface area contributed by atoms with E-state index in [1.165, 1.54) is 19.3 Å². The molecule has 1 fully saturated rings. The van der Waals surface area contributed by atoms with Gasteiger partial charge in [-0.1, -0.05) is 6.07 Å². The third-order valence-electron chi connectivity index (χ3n) is 2.96. The Bertz CT molecular complexity index is 389. The van der Waals surface area contributed by atoms with Crippen molar-refractivity contribution in [1.29, 1.82) is 0 Å². The van der Waals surface area contributed by atoms with Crippen LogP contribution in [0.1, 0.15) is 19.3 Å². The van der Waals surface area contributed by atoms with Gasteiger partial charge in [0.1, 0.15) is 5.75 Å². The van der Waals surface area contributed by atoms with Crippen molar-refractivity contribution >= 4 is 23.0 Å². The van der Waals surface area contributed by atoms with Gasteiger partial charge in [-0.25, -0.2) is 0 Å². The lowest BCUT2D eigenvalue weighted by atomic mass is 10.1. The van der Waals surface area contributed by atoms with Crippen molar-refractivity contribution in [1.82, 2.24) is 4.90 Å². The zero-order valence-electron chi connectivity index (χ0n) is 10.1. The minimum atomic E-state index is 0.818. The quantitative estimate of drug-likeness (QED) is 0.816. The molecule has 0 bridgehead atoms. The van der Waals surface area contributed by atoms with Crippen molar-refractivity contribution in [3.63, 3.8) is 0 Å². The van der Waals surface area contributed by atoms with Crippen LogP contribution in [0, 0.1) is 0 Å². The Labute approximate surface area is 108 Å². The minimum Gasteiger partial charge on any atom is -0.497 e. The highest BCUT2D eigenvalue weighted by molar-refractivity contribution is 7.80. The topological polar surface area (TPSA) is 24.5 Å². The number of methoxy groups -OCH3 is 1. The molecule has 0 radical (unpaired) electrons. The van der Waals surface area contributed by atoms with Crippen molar-refractivity contribution in [2.45, 2.75) is 19.3 Å². The lowest BCUT2D eigenvalue weighted by Gasteiger charge is -2.29. The van der Waals surface area contributed by atoms with Crippen LogP contribution in [0.4, 0.5) is 5.69 Å². The number of nitrogens with zero attached hydrogens (tertiary/aromatic N) is 1. The van der Waals surface area contributed by atoms with Crippen LogP contribution >= 0.6 is 12.2 Å². The lowest BCUT2D eigenvalue weighted by Crippen LogP contribution is -2.38. The standard InChI is InChI=1S/C13H18N2OS/c1-16-12-7-5-6-11(10-12)14-13(17)15-8-3-2-4-9-15/h5-7,10H,2-4,8-9H2,1H3,(H,14,17). The van der Waals surface area contributed by atoms with Crippen molar-refractivity contribution in [3.8, 4) is 5.75 Å². The van der Waals surface area contributed by atoms with Gasteiger partial charge in [0.2, 0.25) is 0 Å². The first-order valence-corrected chi connectivity index (χ1v) is 6.40. The average molecular weight is 250 g/mol. The van der Waals surface area contributed by atoms with E-state index >= 15 is 0 Å². The molecule has 0 aromatic heterocycles. The first-order valence-electron chi connectivity index (χ1n) is 5.99. The summed E-state index contributed by atoms with van der Waals surface area (Å²) >= 11 is 5.41. The Morgan fingerprint density at radius 2 is 2.06 bits per heavy atom. The molecule has 0 atom stereocenters. The van der Waals surface area contributed by atoms with Crippen LogP contribution in [0.3, 0.4) is 0 Å². The summed E-state index contributed by atoms with van der Waals surface area (Å²) < 4.78 is 5.19. The third-order valence-corrected chi connectivity index (χ3v) is 3.32. The summed E-state index contributed by atoms with van der Waals surface area (Å²) in [6.07, 6.45) is 3.79. The zero-order chi connectivity index (χ0) is 12.1. The molecule has 1 saturated heterocycles. The van der Waals surface area contributed by atoms with Gasteiger partial charge >= 0.3 is 0 Å². The molecule has 1 aromatic rings. The van der Waals surface area contributed by atoms with Crippen LogP contribution in [0.5, 0.6) is 5.75 Å². The van der Waals surface area contributed by atoms with Crippen molar-refractivity contribution in [2.75, 3.05) is 25.5 Å². The summed E-state index contributed by atoms with van der Waals surface area (Å²) in [6, 6.07) is 7.84. The monoisotopic (exact) mass is 250 g/mol. The molecule has 4 heteroatoms. The van der Waals surface area contributed by atoms with Gasteiger partial charge < -0.3 is 15.0 Å². The fraction of sp³-hybridized carbons (Fsp3) is 0.462. The molecular weight excluding hydrogens is 232 g/mol. The van der Waals surface area contributed by atoms with Gasteiger partial charge in [-0.2, -0.15) is 0 Å². The highest BCUT2D eigenvalue weighted by atomic mass is 32.1. The molecular formula is C13H18N2OS. The molecule has 0 unspecified atom stereocenters. The van der Waals surface area contributed by atoms with Gasteiger partial charge in [-0.3, -0.25) is 0 Å². The Kier molecular flexibility index (Phi) is 4.20. The van der Waals surface area contributed by atoms with Crippen LogP contribution in [0.25, 0.3) is 0 Å². The van der Waals surface area contributed by atoms with Gasteiger partial charge in [0.05, 0.1) is 7.11 Å². The molecule has 1 N–H and O–H groups in total. The predicted octanol–water partition coefficient (Wildman–Crippen LogP) is 2.88. The number of benzene rings is 1. The number of piperidine rings is 1. The molecule has 92 valence electrons. The average Bonchev–Trinajstić information content (AvgIpc) is 2.40. The van der Waals surface area contributed by atoms with Gasteiger partial charge in [0.25, 0.3) is 0 Å². The molecule has 0 spiro atoms. The van der Waals surface area contributed by atoms with Gasteiger partial charge in [-0.15, -0.1) is 0 Å². The minimum absolute atomic E-state index is 0.818. The van der Waals surface area contributed by atoms with Crippen LogP contribution in [0.15, 0.2) is 24.3 Å². The Hall–Kier alpha value is -1.29. The Morgan fingerprint density at radius 3 is 2.76 bits per heavy atom. The molecule has 2 rings (SSSR count). The van der Waals surface area contributed by atoms with E-state index in [0.717, 1.165) is 29.6 Å². The molecule has 1 heterocycles. The van der Waals surface area contributed by atoms with Crippen LogP contribution in [-0.2, 0) is 0 Å². The van der Waals surface area contributed by atoms with E-state index in [9.17, 15) is 0 Å². The number of anilines is 1.